The van der Waals surface area contributed by atoms with E-state index in [1.807, 2.05) is 0 Å². The lowest BCUT2D eigenvalue weighted by molar-refractivity contribution is -0.389. The highest BCUT2D eigenvalue weighted by Gasteiger charge is 2.18. The summed E-state index contributed by atoms with van der Waals surface area (Å²) in [4.78, 5) is 34.2. The van der Waals surface area contributed by atoms with E-state index in [4.69, 9.17) is 0 Å². The Labute approximate surface area is 166 Å². The number of benzene rings is 2. The van der Waals surface area contributed by atoms with Gasteiger partial charge in [-0.2, -0.15) is 4.68 Å². The van der Waals surface area contributed by atoms with Crippen molar-refractivity contribution >= 4 is 29.0 Å². The molecule has 0 aliphatic heterocycles. The maximum atomic E-state index is 12.8. The Balaban J connectivity index is 1.78. The van der Waals surface area contributed by atoms with Crippen molar-refractivity contribution in [3.8, 4) is 0 Å². The van der Waals surface area contributed by atoms with E-state index in [2.05, 4.69) is 15.7 Å². The average molecular weight is 393 g/mol. The number of nitrogens with one attached hydrogen (secondary N) is 2. The molecular weight excluding hydrogens is 374 g/mol. The van der Waals surface area contributed by atoms with Crippen molar-refractivity contribution in [1.82, 2.24) is 9.78 Å². The molecule has 9 nitrogen and oxygen atoms in total. The summed E-state index contributed by atoms with van der Waals surface area (Å²) in [6.07, 6.45) is 0. The molecule has 29 heavy (non-hydrogen) atoms. The molecule has 0 atom stereocenters. The molecule has 1 heterocycles. The fraction of sp³-hybridized carbons (Fsp3) is 0.150. The maximum absolute atomic E-state index is 12.8. The van der Waals surface area contributed by atoms with Crippen LogP contribution in [0, 0.1) is 17.0 Å². The van der Waals surface area contributed by atoms with Crippen LogP contribution in [0.1, 0.15) is 28.5 Å². The molecular formula is C20H19N5O4. The summed E-state index contributed by atoms with van der Waals surface area (Å²) in [6.45, 7) is 3.37. The largest absolute Gasteiger partial charge is 0.390 e. The topological polar surface area (TPSA) is 119 Å². The first kappa shape index (κ1) is 19.7. The predicted molar refractivity (Wildman–Crippen MR) is 108 cm³/mol. The van der Waals surface area contributed by atoms with Gasteiger partial charge in [0, 0.05) is 23.9 Å². The zero-order valence-electron chi connectivity index (χ0n) is 15.9. The first-order valence-electron chi connectivity index (χ1n) is 8.79. The standard InChI is InChI=1S/C20H19N5O4/c1-13-11-19(25(28)29)23-24(13)12-15-5-3-4-6-18(15)20(27)22-17-9-7-16(8-10-17)21-14(2)26/h3-11H,12H2,1-2H3,(H,21,26)(H,22,27). The van der Waals surface area contributed by atoms with Crippen LogP contribution in [0.5, 0.6) is 0 Å². The van der Waals surface area contributed by atoms with Gasteiger partial charge in [0.1, 0.15) is 0 Å². The molecule has 0 saturated carbocycles. The first-order chi connectivity index (χ1) is 13.8. The lowest BCUT2D eigenvalue weighted by Crippen LogP contribution is -2.16. The fourth-order valence-corrected chi connectivity index (χ4v) is 2.82. The zero-order chi connectivity index (χ0) is 21.0. The van der Waals surface area contributed by atoms with E-state index in [1.54, 1.807) is 55.5 Å². The van der Waals surface area contributed by atoms with Crippen LogP contribution in [-0.4, -0.2) is 26.5 Å². The van der Waals surface area contributed by atoms with E-state index in [-0.39, 0.29) is 24.2 Å². The fourth-order valence-electron chi connectivity index (χ4n) is 2.82. The summed E-state index contributed by atoms with van der Waals surface area (Å²) >= 11 is 0. The number of hydrogen-bond donors (Lipinski definition) is 2. The minimum atomic E-state index is -0.549. The molecule has 0 fully saturated rings. The van der Waals surface area contributed by atoms with Gasteiger partial charge in [-0.1, -0.05) is 18.2 Å². The average Bonchev–Trinajstić information content (AvgIpc) is 3.04. The Morgan fingerprint density at radius 2 is 1.69 bits per heavy atom. The van der Waals surface area contributed by atoms with Crippen molar-refractivity contribution < 1.29 is 14.5 Å². The molecule has 9 heteroatoms. The number of carbonyl (C=O) groups is 2. The van der Waals surface area contributed by atoms with Gasteiger partial charge in [-0.15, -0.1) is 0 Å². The summed E-state index contributed by atoms with van der Waals surface area (Å²) < 4.78 is 1.49. The number of aromatic nitrogens is 2. The molecule has 0 aliphatic rings. The molecule has 3 rings (SSSR count). The van der Waals surface area contributed by atoms with Gasteiger partial charge in [0.15, 0.2) is 0 Å². The van der Waals surface area contributed by atoms with E-state index < -0.39 is 4.92 Å². The van der Waals surface area contributed by atoms with Crippen molar-refractivity contribution in [3.63, 3.8) is 0 Å². The van der Waals surface area contributed by atoms with Crippen LogP contribution in [0.25, 0.3) is 0 Å². The van der Waals surface area contributed by atoms with Crippen LogP contribution < -0.4 is 10.6 Å². The molecule has 0 aliphatic carbocycles. The highest BCUT2D eigenvalue weighted by Crippen LogP contribution is 2.18. The predicted octanol–water partition coefficient (Wildman–Crippen LogP) is 3.36. The quantitative estimate of drug-likeness (QED) is 0.492. The van der Waals surface area contributed by atoms with Gasteiger partial charge in [0.05, 0.1) is 23.4 Å². The van der Waals surface area contributed by atoms with Crippen LogP contribution in [0.4, 0.5) is 17.2 Å². The van der Waals surface area contributed by atoms with Gasteiger partial charge in [-0.25, -0.2) is 0 Å². The van der Waals surface area contributed by atoms with E-state index >= 15 is 0 Å². The monoisotopic (exact) mass is 393 g/mol. The highest BCUT2D eigenvalue weighted by atomic mass is 16.6. The molecule has 0 saturated heterocycles. The third-order valence-electron chi connectivity index (χ3n) is 4.20. The molecule has 148 valence electrons. The Morgan fingerprint density at radius 3 is 2.28 bits per heavy atom. The second-order valence-electron chi connectivity index (χ2n) is 6.43. The number of anilines is 2. The molecule has 2 amide bonds. The van der Waals surface area contributed by atoms with Crippen molar-refractivity contribution in [3.05, 3.63) is 81.5 Å². The van der Waals surface area contributed by atoms with Gasteiger partial charge >= 0.3 is 5.82 Å². The van der Waals surface area contributed by atoms with Gasteiger partial charge in [0.25, 0.3) is 5.91 Å². The number of amides is 2. The van der Waals surface area contributed by atoms with Crippen LogP contribution in [-0.2, 0) is 11.3 Å². The molecule has 0 spiro atoms. The number of nitro groups is 1. The number of aryl methyl sites for hydroxylation is 1. The van der Waals surface area contributed by atoms with Gasteiger partial charge in [0.2, 0.25) is 5.91 Å². The summed E-state index contributed by atoms with van der Waals surface area (Å²) in [6, 6.07) is 15.1. The molecule has 2 aromatic carbocycles. The van der Waals surface area contributed by atoms with Crippen LogP contribution in [0.15, 0.2) is 54.6 Å². The van der Waals surface area contributed by atoms with Crippen molar-refractivity contribution in [2.24, 2.45) is 0 Å². The van der Waals surface area contributed by atoms with Gasteiger partial charge in [-0.3, -0.25) is 9.59 Å². The SMILES string of the molecule is CC(=O)Nc1ccc(NC(=O)c2ccccc2Cn2nc([N+](=O)[O-])cc2C)cc1. The van der Waals surface area contributed by atoms with Gasteiger partial charge in [-0.05, 0) is 47.7 Å². The van der Waals surface area contributed by atoms with E-state index in [0.29, 0.717) is 28.2 Å². The Morgan fingerprint density at radius 1 is 1.07 bits per heavy atom. The minimum absolute atomic E-state index is 0.176. The second-order valence-corrected chi connectivity index (χ2v) is 6.43. The van der Waals surface area contributed by atoms with E-state index in [0.717, 1.165) is 0 Å². The zero-order valence-corrected chi connectivity index (χ0v) is 15.9. The number of carbonyl (C=O) groups excluding carboxylic acids is 2. The number of nitrogens with zero attached hydrogens (tertiary/aromatic N) is 3. The van der Waals surface area contributed by atoms with Crippen LogP contribution >= 0.6 is 0 Å². The molecule has 0 unspecified atom stereocenters. The lowest BCUT2D eigenvalue weighted by Gasteiger charge is -2.10. The van der Waals surface area contributed by atoms with Crippen molar-refractivity contribution in [1.29, 1.82) is 0 Å². The third-order valence-corrected chi connectivity index (χ3v) is 4.20. The Kier molecular flexibility index (Phi) is 5.68. The molecule has 0 bridgehead atoms. The Bertz CT molecular complexity index is 1070. The first-order valence-corrected chi connectivity index (χ1v) is 8.79. The van der Waals surface area contributed by atoms with Crippen molar-refractivity contribution in [2.75, 3.05) is 10.6 Å². The lowest BCUT2D eigenvalue weighted by atomic mass is 10.1. The minimum Gasteiger partial charge on any atom is -0.358 e. The molecule has 3 aromatic rings. The summed E-state index contributed by atoms with van der Waals surface area (Å²) in [5, 5.41) is 20.4. The molecule has 2 N–H and O–H groups in total. The second kappa shape index (κ2) is 8.34. The van der Waals surface area contributed by atoms with E-state index in [9.17, 15) is 19.7 Å². The smallest absolute Gasteiger partial charge is 0.358 e. The highest BCUT2D eigenvalue weighted by molar-refractivity contribution is 6.05. The molecule has 0 radical (unpaired) electrons. The summed E-state index contributed by atoms with van der Waals surface area (Å²) in [5.74, 6) is -0.722. The molecule has 1 aromatic heterocycles. The summed E-state index contributed by atoms with van der Waals surface area (Å²) in [7, 11) is 0. The number of rotatable bonds is 6. The maximum Gasteiger partial charge on any atom is 0.390 e. The van der Waals surface area contributed by atoms with Gasteiger partial charge < -0.3 is 20.7 Å². The number of hydrogen-bond acceptors (Lipinski definition) is 5. The summed E-state index contributed by atoms with van der Waals surface area (Å²) in [5.41, 5.74) is 2.95. The normalized spacial score (nSPS) is 10.4. The van der Waals surface area contributed by atoms with Crippen molar-refractivity contribution in [2.45, 2.75) is 20.4 Å². The third kappa shape index (κ3) is 4.83. The van der Waals surface area contributed by atoms with Crippen LogP contribution in [0.2, 0.25) is 0 Å². The van der Waals surface area contributed by atoms with E-state index in [1.165, 1.54) is 17.7 Å². The van der Waals surface area contributed by atoms with Crippen LogP contribution in [0.3, 0.4) is 0 Å². The Hall–Kier alpha value is -4.01.